The molecule has 2 aromatic carbocycles. The van der Waals surface area contributed by atoms with Gasteiger partial charge < -0.3 is 19.5 Å². The lowest BCUT2D eigenvalue weighted by Crippen LogP contribution is -2.45. The molecule has 1 amide bonds. The lowest BCUT2D eigenvalue weighted by Gasteiger charge is -2.37. The molecule has 8 heteroatoms. The number of nitrogens with zero attached hydrogens (tertiary/aromatic N) is 3. The number of carbonyl (C=O) groups excluding carboxylic acids is 1. The van der Waals surface area contributed by atoms with E-state index in [0.717, 1.165) is 0 Å². The largest absolute Gasteiger partial charge is 0.372 e. The highest BCUT2D eigenvalue weighted by Gasteiger charge is 2.26. The second-order valence-electron chi connectivity index (χ2n) is 9.50. The highest BCUT2D eigenvalue weighted by Crippen LogP contribution is 2.29. The van der Waals surface area contributed by atoms with Gasteiger partial charge >= 0.3 is 0 Å². The van der Waals surface area contributed by atoms with Crippen LogP contribution in [0.25, 0.3) is 11.5 Å². The molecule has 3 aromatic rings. The molecule has 1 aliphatic rings. The summed E-state index contributed by atoms with van der Waals surface area (Å²) in [6.45, 7) is 11.1. The Bertz CT molecular complexity index is 1140. The maximum atomic E-state index is 14.9. The Labute approximate surface area is 192 Å². The third kappa shape index (κ3) is 5.06. The minimum atomic E-state index is -0.394. The summed E-state index contributed by atoms with van der Waals surface area (Å²) in [4.78, 5) is 19.5. The second kappa shape index (κ2) is 8.94. The summed E-state index contributed by atoms with van der Waals surface area (Å²) in [5.41, 5.74) is 1.46. The Morgan fingerprint density at radius 3 is 2.45 bits per heavy atom. The monoisotopic (exact) mass is 452 g/mol. The molecule has 1 saturated heterocycles. The maximum absolute atomic E-state index is 14.9. The Balaban J connectivity index is 1.55. The molecule has 1 aromatic heterocycles. The zero-order chi connectivity index (χ0) is 23.8. The van der Waals surface area contributed by atoms with Crippen LogP contribution in [0.4, 0.5) is 15.8 Å². The van der Waals surface area contributed by atoms with Gasteiger partial charge in [-0.1, -0.05) is 38.1 Å². The number of anilines is 2. The quantitative estimate of drug-likeness (QED) is 0.597. The lowest BCUT2D eigenvalue weighted by atomic mass is 9.96. The third-order valence-electron chi connectivity index (χ3n) is 5.46. The molecule has 174 valence electrons. The topological polar surface area (TPSA) is 80.5 Å². The van der Waals surface area contributed by atoms with Gasteiger partial charge in [0.1, 0.15) is 5.82 Å². The molecular formula is C25H29FN4O3. The predicted octanol–water partition coefficient (Wildman–Crippen LogP) is 5.04. The van der Waals surface area contributed by atoms with Crippen LogP contribution in [0.3, 0.4) is 0 Å². The summed E-state index contributed by atoms with van der Waals surface area (Å²) in [5, 5.41) is 6.83. The lowest BCUT2D eigenvalue weighted by molar-refractivity contribution is -0.00539. The molecule has 0 radical (unpaired) electrons. The van der Waals surface area contributed by atoms with Crippen molar-refractivity contribution in [1.82, 2.24) is 10.1 Å². The van der Waals surface area contributed by atoms with Crippen LogP contribution in [-0.2, 0) is 10.2 Å². The van der Waals surface area contributed by atoms with Gasteiger partial charge in [0.15, 0.2) is 5.82 Å². The Morgan fingerprint density at radius 2 is 1.82 bits per heavy atom. The predicted molar refractivity (Wildman–Crippen MR) is 125 cm³/mol. The number of carbonyl (C=O) groups is 1. The Morgan fingerprint density at radius 1 is 1.12 bits per heavy atom. The van der Waals surface area contributed by atoms with Crippen LogP contribution in [0.5, 0.6) is 0 Å². The maximum Gasteiger partial charge on any atom is 0.258 e. The third-order valence-corrected chi connectivity index (χ3v) is 5.46. The molecule has 1 aliphatic heterocycles. The van der Waals surface area contributed by atoms with E-state index in [9.17, 15) is 9.18 Å². The average molecular weight is 453 g/mol. The number of ether oxygens (including phenoxy) is 1. The number of hydrogen-bond acceptors (Lipinski definition) is 6. The summed E-state index contributed by atoms with van der Waals surface area (Å²) in [7, 11) is 0. The van der Waals surface area contributed by atoms with E-state index in [1.807, 2.05) is 39.5 Å². The molecule has 0 saturated carbocycles. The fourth-order valence-corrected chi connectivity index (χ4v) is 3.92. The zero-order valence-electron chi connectivity index (χ0n) is 19.6. The van der Waals surface area contributed by atoms with Gasteiger partial charge in [0.2, 0.25) is 0 Å². The van der Waals surface area contributed by atoms with Crippen molar-refractivity contribution in [3.63, 3.8) is 0 Å². The van der Waals surface area contributed by atoms with Crippen molar-refractivity contribution < 1.29 is 18.4 Å². The van der Waals surface area contributed by atoms with Crippen molar-refractivity contribution in [3.8, 4) is 11.5 Å². The Hall–Kier alpha value is -3.26. The van der Waals surface area contributed by atoms with Crippen molar-refractivity contribution in [2.75, 3.05) is 23.3 Å². The second-order valence-corrected chi connectivity index (χ2v) is 9.50. The first-order chi connectivity index (χ1) is 15.6. The molecule has 0 bridgehead atoms. The highest BCUT2D eigenvalue weighted by molar-refractivity contribution is 6.08. The highest BCUT2D eigenvalue weighted by atomic mass is 19.1. The number of rotatable bonds is 4. The normalized spacial score (nSPS) is 18.9. The van der Waals surface area contributed by atoms with Crippen LogP contribution < -0.4 is 10.2 Å². The minimum absolute atomic E-state index is 0.0209. The molecule has 33 heavy (non-hydrogen) atoms. The number of amides is 1. The van der Waals surface area contributed by atoms with Crippen LogP contribution in [0.15, 0.2) is 47.0 Å². The first kappa shape index (κ1) is 22.9. The Kier molecular flexibility index (Phi) is 6.21. The van der Waals surface area contributed by atoms with E-state index in [0.29, 0.717) is 41.4 Å². The standard InChI is InChI=1S/C25H29FN4O3/c1-15-13-30(14-16(2)32-15)21-11-10-17(12-20(21)26)27-22(31)18-8-6-7-9-19(18)23-28-24(29-33-23)25(3,4)5/h6-12,15-16H,13-14H2,1-5H3,(H,27,31). The smallest absolute Gasteiger partial charge is 0.258 e. The molecule has 2 heterocycles. The van der Waals surface area contributed by atoms with Crippen molar-refractivity contribution in [2.24, 2.45) is 0 Å². The number of morpholine rings is 1. The zero-order valence-corrected chi connectivity index (χ0v) is 19.6. The van der Waals surface area contributed by atoms with E-state index >= 15 is 0 Å². The summed E-state index contributed by atoms with van der Waals surface area (Å²) >= 11 is 0. The number of nitrogens with one attached hydrogen (secondary N) is 1. The van der Waals surface area contributed by atoms with Crippen molar-refractivity contribution >= 4 is 17.3 Å². The van der Waals surface area contributed by atoms with Gasteiger partial charge in [-0.25, -0.2) is 4.39 Å². The van der Waals surface area contributed by atoms with Gasteiger partial charge in [-0.15, -0.1) is 0 Å². The van der Waals surface area contributed by atoms with Crippen molar-refractivity contribution in [2.45, 2.75) is 52.2 Å². The molecule has 1 N–H and O–H groups in total. The van der Waals surface area contributed by atoms with E-state index < -0.39 is 5.82 Å². The van der Waals surface area contributed by atoms with Gasteiger partial charge in [-0.3, -0.25) is 4.79 Å². The summed E-state index contributed by atoms with van der Waals surface area (Å²) < 4.78 is 26.1. The number of aromatic nitrogens is 2. The SMILES string of the molecule is CC1CN(c2ccc(NC(=O)c3ccccc3-c3nc(C(C)(C)C)no3)cc2F)CC(C)O1. The summed E-state index contributed by atoms with van der Waals surface area (Å²) in [5.74, 6) is 0.0378. The van der Waals surface area contributed by atoms with Gasteiger partial charge in [0.25, 0.3) is 11.8 Å². The average Bonchev–Trinajstić information content (AvgIpc) is 3.24. The van der Waals surface area contributed by atoms with E-state index in [1.54, 1.807) is 36.4 Å². The van der Waals surface area contributed by atoms with Crippen molar-refractivity contribution in [1.29, 1.82) is 0 Å². The molecule has 1 fully saturated rings. The van der Waals surface area contributed by atoms with Gasteiger partial charge in [-0.05, 0) is 44.2 Å². The summed E-state index contributed by atoms with van der Waals surface area (Å²) in [6, 6.07) is 11.7. The van der Waals surface area contributed by atoms with Crippen LogP contribution in [0.2, 0.25) is 0 Å². The summed E-state index contributed by atoms with van der Waals surface area (Å²) in [6.07, 6.45) is 0.0417. The molecule has 2 unspecified atom stereocenters. The number of hydrogen-bond donors (Lipinski definition) is 1. The van der Waals surface area contributed by atoms with Gasteiger partial charge in [0, 0.05) is 24.2 Å². The minimum Gasteiger partial charge on any atom is -0.372 e. The first-order valence-electron chi connectivity index (χ1n) is 11.1. The van der Waals surface area contributed by atoms with Crippen LogP contribution in [-0.4, -0.2) is 41.3 Å². The van der Waals surface area contributed by atoms with E-state index in [-0.39, 0.29) is 29.4 Å². The fraction of sp³-hybridized carbons (Fsp3) is 0.400. The fourth-order valence-electron chi connectivity index (χ4n) is 3.92. The van der Waals surface area contributed by atoms with Crippen LogP contribution >= 0.6 is 0 Å². The molecule has 2 atom stereocenters. The molecule has 7 nitrogen and oxygen atoms in total. The van der Waals surface area contributed by atoms with Gasteiger partial charge in [-0.2, -0.15) is 4.98 Å². The van der Waals surface area contributed by atoms with Crippen LogP contribution in [0, 0.1) is 5.82 Å². The number of halogens is 1. The molecule has 0 spiro atoms. The van der Waals surface area contributed by atoms with E-state index in [4.69, 9.17) is 9.26 Å². The van der Waals surface area contributed by atoms with Gasteiger partial charge in [0.05, 0.1) is 29.0 Å². The van der Waals surface area contributed by atoms with Crippen LogP contribution in [0.1, 0.15) is 50.8 Å². The molecule has 4 rings (SSSR count). The number of benzene rings is 2. The van der Waals surface area contributed by atoms with E-state index in [2.05, 4.69) is 15.5 Å². The van der Waals surface area contributed by atoms with Crippen molar-refractivity contribution in [3.05, 3.63) is 59.7 Å². The molecule has 0 aliphatic carbocycles. The van der Waals surface area contributed by atoms with E-state index in [1.165, 1.54) is 6.07 Å². The molecular weight excluding hydrogens is 423 g/mol. The first-order valence-corrected chi connectivity index (χ1v) is 11.1.